The summed E-state index contributed by atoms with van der Waals surface area (Å²) in [7, 11) is 0. The number of amides is 2. The molecular formula is C17H18F2N4O2. The van der Waals surface area contributed by atoms with Gasteiger partial charge < -0.3 is 9.64 Å². The minimum Gasteiger partial charge on any atom is -0.433 e. The molecule has 1 aliphatic rings. The van der Waals surface area contributed by atoms with Crippen molar-refractivity contribution in [1.82, 2.24) is 14.9 Å². The van der Waals surface area contributed by atoms with Crippen LogP contribution in [0, 0.1) is 5.41 Å². The first-order valence-corrected chi connectivity index (χ1v) is 7.75. The van der Waals surface area contributed by atoms with Crippen LogP contribution < -0.4 is 10.1 Å². The molecule has 132 valence electrons. The van der Waals surface area contributed by atoms with Gasteiger partial charge in [0.25, 0.3) is 0 Å². The van der Waals surface area contributed by atoms with Gasteiger partial charge in [0, 0.05) is 24.4 Å². The van der Waals surface area contributed by atoms with Gasteiger partial charge in [0.1, 0.15) is 11.6 Å². The van der Waals surface area contributed by atoms with Gasteiger partial charge in [-0.15, -0.1) is 0 Å². The SMILES string of the molecule is CC1(C)CN(C(=O)Nc2ccc(OC(F)F)cn2)C1c1cccnc1. The number of carbonyl (C=O) groups is 1. The van der Waals surface area contributed by atoms with E-state index in [0.717, 1.165) is 11.8 Å². The number of urea groups is 1. The molecule has 1 saturated heterocycles. The van der Waals surface area contributed by atoms with E-state index in [1.165, 1.54) is 12.1 Å². The molecule has 6 nitrogen and oxygen atoms in total. The fourth-order valence-corrected chi connectivity index (χ4v) is 3.09. The van der Waals surface area contributed by atoms with E-state index >= 15 is 0 Å². The first-order chi connectivity index (χ1) is 11.9. The van der Waals surface area contributed by atoms with Crippen LogP contribution in [0.2, 0.25) is 0 Å². The lowest BCUT2D eigenvalue weighted by Crippen LogP contribution is -2.59. The number of ether oxygens (including phenoxy) is 1. The van der Waals surface area contributed by atoms with E-state index in [2.05, 4.69) is 33.9 Å². The highest BCUT2D eigenvalue weighted by molar-refractivity contribution is 5.89. The summed E-state index contributed by atoms with van der Waals surface area (Å²) in [5.41, 5.74) is 0.894. The number of hydrogen-bond donors (Lipinski definition) is 1. The van der Waals surface area contributed by atoms with Gasteiger partial charge in [-0.05, 0) is 23.8 Å². The van der Waals surface area contributed by atoms with Gasteiger partial charge in [0.05, 0.1) is 12.2 Å². The Bertz CT molecular complexity index is 738. The highest BCUT2D eigenvalue weighted by atomic mass is 19.3. The lowest BCUT2D eigenvalue weighted by atomic mass is 9.72. The zero-order valence-corrected chi connectivity index (χ0v) is 13.8. The molecule has 8 heteroatoms. The Labute approximate surface area is 143 Å². The van der Waals surface area contributed by atoms with Gasteiger partial charge in [0.15, 0.2) is 0 Å². The summed E-state index contributed by atoms with van der Waals surface area (Å²) in [6, 6.07) is 6.12. The highest BCUT2D eigenvalue weighted by Crippen LogP contribution is 2.48. The van der Waals surface area contributed by atoms with Crippen molar-refractivity contribution in [3.8, 4) is 5.75 Å². The van der Waals surface area contributed by atoms with E-state index in [-0.39, 0.29) is 29.1 Å². The number of carbonyl (C=O) groups excluding carboxylic acids is 1. The lowest BCUT2D eigenvalue weighted by molar-refractivity contribution is -0.0500. The van der Waals surface area contributed by atoms with E-state index in [9.17, 15) is 13.6 Å². The summed E-state index contributed by atoms with van der Waals surface area (Å²) in [4.78, 5) is 22.3. The Hall–Kier alpha value is -2.77. The molecular weight excluding hydrogens is 330 g/mol. The molecule has 2 aromatic heterocycles. The van der Waals surface area contributed by atoms with E-state index in [1.807, 2.05) is 12.1 Å². The molecule has 0 bridgehead atoms. The van der Waals surface area contributed by atoms with E-state index in [1.54, 1.807) is 17.3 Å². The predicted octanol–water partition coefficient (Wildman–Crippen LogP) is 3.69. The average molecular weight is 348 g/mol. The summed E-state index contributed by atoms with van der Waals surface area (Å²) < 4.78 is 28.5. The van der Waals surface area contributed by atoms with Gasteiger partial charge in [-0.1, -0.05) is 19.9 Å². The molecule has 3 rings (SSSR count). The van der Waals surface area contributed by atoms with Crippen LogP contribution >= 0.6 is 0 Å². The molecule has 0 aromatic carbocycles. The third kappa shape index (κ3) is 3.67. The van der Waals surface area contributed by atoms with Crippen LogP contribution in [0.5, 0.6) is 5.75 Å². The smallest absolute Gasteiger partial charge is 0.387 e. The zero-order valence-electron chi connectivity index (χ0n) is 13.8. The number of anilines is 1. The van der Waals surface area contributed by atoms with Crippen molar-refractivity contribution in [2.45, 2.75) is 26.5 Å². The van der Waals surface area contributed by atoms with Crippen LogP contribution in [0.3, 0.4) is 0 Å². The fourth-order valence-electron chi connectivity index (χ4n) is 3.09. The molecule has 2 amide bonds. The minimum atomic E-state index is -2.91. The average Bonchev–Trinajstić information content (AvgIpc) is 2.55. The molecule has 0 aliphatic carbocycles. The Morgan fingerprint density at radius 1 is 1.36 bits per heavy atom. The first kappa shape index (κ1) is 17.1. The van der Waals surface area contributed by atoms with E-state index in [0.29, 0.717) is 6.54 Å². The lowest BCUT2D eigenvalue weighted by Gasteiger charge is -2.54. The summed E-state index contributed by atoms with van der Waals surface area (Å²) in [5, 5.41) is 2.67. The number of nitrogens with one attached hydrogen (secondary N) is 1. The Morgan fingerprint density at radius 2 is 2.16 bits per heavy atom. The molecule has 1 N–H and O–H groups in total. The van der Waals surface area contributed by atoms with Gasteiger partial charge in [-0.25, -0.2) is 9.78 Å². The quantitative estimate of drug-likeness (QED) is 0.915. The third-order valence-electron chi connectivity index (χ3n) is 4.09. The van der Waals surface area contributed by atoms with Crippen LogP contribution in [-0.2, 0) is 0 Å². The number of likely N-dealkylation sites (tertiary alicyclic amines) is 1. The summed E-state index contributed by atoms with van der Waals surface area (Å²) in [6.45, 7) is 1.85. The third-order valence-corrected chi connectivity index (χ3v) is 4.09. The predicted molar refractivity (Wildman–Crippen MR) is 87.4 cm³/mol. The van der Waals surface area contributed by atoms with Crippen LogP contribution in [0.15, 0.2) is 42.9 Å². The monoisotopic (exact) mass is 348 g/mol. The molecule has 3 heterocycles. The zero-order chi connectivity index (χ0) is 18.0. The summed E-state index contributed by atoms with van der Waals surface area (Å²) in [5.74, 6) is 0.201. The number of pyridine rings is 2. The number of aromatic nitrogens is 2. The van der Waals surface area contributed by atoms with Crippen molar-refractivity contribution in [3.63, 3.8) is 0 Å². The number of halogens is 2. The number of nitrogens with zero attached hydrogens (tertiary/aromatic N) is 3. The summed E-state index contributed by atoms with van der Waals surface area (Å²) in [6.07, 6.45) is 4.58. The molecule has 0 radical (unpaired) electrons. The second-order valence-electron chi connectivity index (χ2n) is 6.49. The normalized spacial score (nSPS) is 18.6. The second-order valence-corrected chi connectivity index (χ2v) is 6.49. The van der Waals surface area contributed by atoms with Gasteiger partial charge >= 0.3 is 12.6 Å². The molecule has 0 saturated carbocycles. The number of rotatable bonds is 4. The number of alkyl halides is 2. The van der Waals surface area contributed by atoms with Crippen LogP contribution in [0.25, 0.3) is 0 Å². The second kappa shape index (κ2) is 6.62. The van der Waals surface area contributed by atoms with E-state index in [4.69, 9.17) is 0 Å². The van der Waals surface area contributed by atoms with Gasteiger partial charge in [0.2, 0.25) is 0 Å². The number of hydrogen-bond acceptors (Lipinski definition) is 4. The minimum absolute atomic E-state index is 0.0636. The van der Waals surface area contributed by atoms with E-state index < -0.39 is 6.61 Å². The molecule has 25 heavy (non-hydrogen) atoms. The molecule has 1 unspecified atom stereocenters. The van der Waals surface area contributed by atoms with Crippen molar-refractivity contribution in [3.05, 3.63) is 48.4 Å². The van der Waals surface area contributed by atoms with Crippen molar-refractivity contribution < 1.29 is 18.3 Å². The maximum absolute atomic E-state index is 12.5. The van der Waals surface area contributed by atoms with Gasteiger partial charge in [-0.2, -0.15) is 8.78 Å². The van der Waals surface area contributed by atoms with Crippen LogP contribution in [-0.4, -0.2) is 34.1 Å². The maximum atomic E-state index is 12.5. The first-order valence-electron chi connectivity index (χ1n) is 7.75. The van der Waals surface area contributed by atoms with Crippen molar-refractivity contribution in [2.24, 2.45) is 5.41 Å². The van der Waals surface area contributed by atoms with Crippen LogP contribution in [0.4, 0.5) is 19.4 Å². The van der Waals surface area contributed by atoms with Crippen molar-refractivity contribution in [1.29, 1.82) is 0 Å². The largest absolute Gasteiger partial charge is 0.433 e. The standard InChI is InChI=1S/C17H18F2N4O2/c1-17(2)10-23(14(17)11-4-3-7-20-8-11)16(24)22-13-6-5-12(9-21-13)25-15(18)19/h3-9,14-15H,10H2,1-2H3,(H,21,22,24). The topological polar surface area (TPSA) is 67.4 Å². The maximum Gasteiger partial charge on any atom is 0.387 e. The Morgan fingerprint density at radius 3 is 2.72 bits per heavy atom. The Balaban J connectivity index is 1.69. The summed E-state index contributed by atoms with van der Waals surface area (Å²) >= 11 is 0. The fraction of sp³-hybridized carbons (Fsp3) is 0.353. The molecule has 0 spiro atoms. The molecule has 1 atom stereocenters. The Kier molecular flexibility index (Phi) is 4.52. The molecule has 1 fully saturated rings. The van der Waals surface area contributed by atoms with Crippen molar-refractivity contribution >= 4 is 11.8 Å². The van der Waals surface area contributed by atoms with Crippen LogP contribution in [0.1, 0.15) is 25.5 Å². The van der Waals surface area contributed by atoms with Crippen molar-refractivity contribution in [2.75, 3.05) is 11.9 Å². The van der Waals surface area contributed by atoms with Gasteiger partial charge in [-0.3, -0.25) is 10.3 Å². The molecule has 1 aliphatic heterocycles. The molecule has 2 aromatic rings. The highest BCUT2D eigenvalue weighted by Gasteiger charge is 2.49.